The molecule has 2 aromatic carbocycles. The molecule has 0 unspecified atom stereocenters. The molecule has 0 bridgehead atoms. The van der Waals surface area contributed by atoms with Gasteiger partial charge in [-0.3, -0.25) is 0 Å². The number of hydrogen-bond acceptors (Lipinski definition) is 3. The third-order valence-electron chi connectivity index (χ3n) is 4.85. The van der Waals surface area contributed by atoms with Gasteiger partial charge in [0.25, 0.3) is 0 Å². The first-order valence-electron chi connectivity index (χ1n) is 8.20. The molecule has 0 saturated carbocycles. The number of fused-ring (bicyclic) bond motifs is 1. The molecule has 1 aliphatic rings. The number of ether oxygens (including phenoxy) is 2. The Labute approximate surface area is 144 Å². The normalized spacial score (nSPS) is 19.7. The van der Waals surface area contributed by atoms with Crippen LogP contribution in [-0.4, -0.2) is 27.4 Å². The van der Waals surface area contributed by atoms with E-state index in [2.05, 4.69) is 56.3 Å². The molecule has 1 atom stereocenters. The van der Waals surface area contributed by atoms with E-state index >= 15 is 0 Å². The molecule has 0 amide bonds. The van der Waals surface area contributed by atoms with Crippen LogP contribution in [0.3, 0.4) is 0 Å². The third kappa shape index (κ3) is 2.59. The van der Waals surface area contributed by atoms with Gasteiger partial charge in [-0.2, -0.15) is 0 Å². The van der Waals surface area contributed by atoms with Gasteiger partial charge in [-0.25, -0.2) is 0 Å². The molecule has 0 aliphatic heterocycles. The van der Waals surface area contributed by atoms with E-state index in [4.69, 9.17) is 15.2 Å². The first-order chi connectivity index (χ1) is 11.5. The molecule has 1 aliphatic carbocycles. The second-order valence-corrected chi connectivity index (χ2v) is 6.55. The Morgan fingerprint density at radius 1 is 0.875 bits per heavy atom. The smallest absolute Gasteiger partial charge is 0.0917 e. The van der Waals surface area contributed by atoms with E-state index < -0.39 is 5.54 Å². The predicted molar refractivity (Wildman–Crippen MR) is 98.0 cm³/mol. The van der Waals surface area contributed by atoms with Gasteiger partial charge in [-0.05, 0) is 41.7 Å². The number of hydrogen-bond donors (Lipinski definition) is 1. The molecule has 0 radical (unpaired) electrons. The topological polar surface area (TPSA) is 44.5 Å². The molecule has 2 aromatic rings. The van der Waals surface area contributed by atoms with Crippen molar-refractivity contribution < 1.29 is 9.47 Å². The van der Waals surface area contributed by atoms with E-state index in [0.29, 0.717) is 13.2 Å². The standard InChI is InChI=1S/C21H25NO2/c1-14-5-8-16(9-6-14)21(22)19-10-7-15(2)11-17(19)18(12-23-3)20(21)13-24-4/h5-11H,12-13,22H2,1-4H3/t21-/m0/s1. The van der Waals surface area contributed by atoms with Crippen molar-refractivity contribution in [2.24, 2.45) is 5.73 Å². The Balaban J connectivity index is 2.28. The Hall–Kier alpha value is -1.94. The summed E-state index contributed by atoms with van der Waals surface area (Å²) in [7, 11) is 3.43. The molecule has 3 heteroatoms. The molecular weight excluding hydrogens is 298 g/mol. The minimum atomic E-state index is -0.680. The second kappa shape index (κ2) is 6.52. The fraction of sp³-hybridized carbons (Fsp3) is 0.333. The lowest BCUT2D eigenvalue weighted by Gasteiger charge is -2.30. The van der Waals surface area contributed by atoms with Crippen LogP contribution in [0.2, 0.25) is 0 Å². The Bertz CT molecular complexity index is 777. The lowest BCUT2D eigenvalue weighted by Crippen LogP contribution is -2.39. The van der Waals surface area contributed by atoms with Gasteiger partial charge in [0.05, 0.1) is 18.8 Å². The average Bonchev–Trinajstić information content (AvgIpc) is 2.79. The lowest BCUT2D eigenvalue weighted by molar-refractivity contribution is 0.212. The van der Waals surface area contributed by atoms with E-state index in [-0.39, 0.29) is 0 Å². The highest BCUT2D eigenvalue weighted by atomic mass is 16.5. The molecule has 2 N–H and O–H groups in total. The summed E-state index contributed by atoms with van der Waals surface area (Å²) in [6.45, 7) is 5.20. The summed E-state index contributed by atoms with van der Waals surface area (Å²) in [6.07, 6.45) is 0. The third-order valence-corrected chi connectivity index (χ3v) is 4.85. The zero-order valence-corrected chi connectivity index (χ0v) is 14.8. The maximum absolute atomic E-state index is 7.05. The zero-order valence-electron chi connectivity index (χ0n) is 14.8. The van der Waals surface area contributed by atoms with E-state index in [9.17, 15) is 0 Å². The summed E-state index contributed by atoms with van der Waals surface area (Å²) in [4.78, 5) is 0. The molecule has 3 rings (SSSR count). The summed E-state index contributed by atoms with van der Waals surface area (Å²) < 4.78 is 11.0. The largest absolute Gasteiger partial charge is 0.380 e. The maximum atomic E-state index is 7.05. The SMILES string of the molecule is COCC1=C(COC)[C@](N)(c2ccc(C)cc2)c2ccc(C)cc21. The van der Waals surface area contributed by atoms with Gasteiger partial charge in [0.1, 0.15) is 0 Å². The number of methoxy groups -OCH3 is 2. The minimum Gasteiger partial charge on any atom is -0.380 e. The van der Waals surface area contributed by atoms with Crippen molar-refractivity contribution in [2.75, 3.05) is 27.4 Å². The van der Waals surface area contributed by atoms with Crippen molar-refractivity contribution in [1.82, 2.24) is 0 Å². The average molecular weight is 323 g/mol. The van der Waals surface area contributed by atoms with Gasteiger partial charge in [-0.15, -0.1) is 0 Å². The predicted octanol–water partition coefficient (Wildman–Crippen LogP) is 3.57. The zero-order chi connectivity index (χ0) is 17.3. The van der Waals surface area contributed by atoms with Crippen molar-refractivity contribution in [2.45, 2.75) is 19.4 Å². The summed E-state index contributed by atoms with van der Waals surface area (Å²) in [5.41, 5.74) is 14.4. The fourth-order valence-electron chi connectivity index (χ4n) is 3.62. The monoisotopic (exact) mass is 323 g/mol. The van der Waals surface area contributed by atoms with E-state index in [1.165, 1.54) is 16.7 Å². The molecule has 0 heterocycles. The number of aryl methyl sites for hydroxylation is 2. The Morgan fingerprint density at radius 2 is 1.50 bits per heavy atom. The van der Waals surface area contributed by atoms with Crippen LogP contribution in [-0.2, 0) is 15.0 Å². The summed E-state index contributed by atoms with van der Waals surface area (Å²) in [5, 5.41) is 0. The molecular formula is C21H25NO2. The summed E-state index contributed by atoms with van der Waals surface area (Å²) >= 11 is 0. The van der Waals surface area contributed by atoms with Crippen molar-refractivity contribution in [1.29, 1.82) is 0 Å². The van der Waals surface area contributed by atoms with Crippen molar-refractivity contribution in [3.05, 3.63) is 75.9 Å². The maximum Gasteiger partial charge on any atom is 0.0917 e. The summed E-state index contributed by atoms with van der Waals surface area (Å²) in [5.74, 6) is 0. The van der Waals surface area contributed by atoms with Crippen LogP contribution in [0.5, 0.6) is 0 Å². The Morgan fingerprint density at radius 3 is 2.12 bits per heavy atom. The van der Waals surface area contributed by atoms with Crippen molar-refractivity contribution in [3.8, 4) is 0 Å². The quantitative estimate of drug-likeness (QED) is 0.915. The second-order valence-electron chi connectivity index (χ2n) is 6.55. The van der Waals surface area contributed by atoms with Gasteiger partial charge in [-0.1, -0.05) is 53.6 Å². The first kappa shape index (κ1) is 16.9. The van der Waals surface area contributed by atoms with E-state index in [1.54, 1.807) is 14.2 Å². The van der Waals surface area contributed by atoms with E-state index in [1.807, 2.05) is 0 Å². The first-order valence-corrected chi connectivity index (χ1v) is 8.20. The molecule has 0 spiro atoms. The highest BCUT2D eigenvalue weighted by Crippen LogP contribution is 2.47. The molecule has 0 saturated heterocycles. The van der Waals surface area contributed by atoms with Gasteiger partial charge < -0.3 is 15.2 Å². The van der Waals surface area contributed by atoms with Gasteiger partial charge in [0, 0.05) is 14.2 Å². The lowest BCUT2D eigenvalue weighted by atomic mass is 9.80. The number of nitrogens with two attached hydrogens (primary N) is 1. The minimum absolute atomic E-state index is 0.483. The molecule has 3 nitrogen and oxygen atoms in total. The fourth-order valence-corrected chi connectivity index (χ4v) is 3.62. The van der Waals surface area contributed by atoms with Gasteiger partial charge >= 0.3 is 0 Å². The van der Waals surface area contributed by atoms with Crippen LogP contribution >= 0.6 is 0 Å². The highest BCUT2D eigenvalue weighted by molar-refractivity contribution is 5.83. The van der Waals surface area contributed by atoms with Crippen LogP contribution in [0.1, 0.15) is 27.8 Å². The van der Waals surface area contributed by atoms with Crippen LogP contribution in [0.15, 0.2) is 48.0 Å². The number of rotatable bonds is 5. The van der Waals surface area contributed by atoms with Gasteiger partial charge in [0.2, 0.25) is 0 Å². The molecule has 0 fully saturated rings. The highest BCUT2D eigenvalue weighted by Gasteiger charge is 2.43. The molecule has 126 valence electrons. The van der Waals surface area contributed by atoms with Crippen LogP contribution < -0.4 is 5.73 Å². The number of benzene rings is 2. The van der Waals surface area contributed by atoms with Crippen LogP contribution in [0.4, 0.5) is 0 Å². The summed E-state index contributed by atoms with van der Waals surface area (Å²) in [6, 6.07) is 14.9. The van der Waals surface area contributed by atoms with Crippen molar-refractivity contribution >= 4 is 5.57 Å². The Kier molecular flexibility index (Phi) is 4.59. The van der Waals surface area contributed by atoms with E-state index in [0.717, 1.165) is 22.3 Å². The van der Waals surface area contributed by atoms with Crippen molar-refractivity contribution in [3.63, 3.8) is 0 Å². The van der Waals surface area contributed by atoms with Crippen LogP contribution in [0, 0.1) is 13.8 Å². The van der Waals surface area contributed by atoms with Gasteiger partial charge in [0.15, 0.2) is 0 Å². The molecule has 0 aromatic heterocycles. The van der Waals surface area contributed by atoms with Crippen LogP contribution in [0.25, 0.3) is 5.57 Å². The molecule has 24 heavy (non-hydrogen) atoms.